The number of carboxylic acid groups (broad SMARTS) is 1. The van der Waals surface area contributed by atoms with Crippen molar-refractivity contribution in [3.8, 4) is 0 Å². The lowest BCUT2D eigenvalue weighted by Gasteiger charge is -2.17. The first kappa shape index (κ1) is 21.1. The van der Waals surface area contributed by atoms with Crippen molar-refractivity contribution in [3.05, 3.63) is 35.9 Å². The summed E-state index contributed by atoms with van der Waals surface area (Å²) < 4.78 is 10.4. The quantitative estimate of drug-likeness (QED) is 0.788. The molecule has 1 amide bonds. The number of rotatable bonds is 7. The molecule has 1 aliphatic heterocycles. The van der Waals surface area contributed by atoms with Crippen LogP contribution >= 0.6 is 0 Å². The minimum Gasteiger partial charge on any atom is -0.465 e. The highest BCUT2D eigenvalue weighted by Gasteiger charge is 2.23. The highest BCUT2D eigenvalue weighted by atomic mass is 16.7. The molecule has 0 spiro atoms. The molecule has 1 aromatic carbocycles. The second-order valence-electron chi connectivity index (χ2n) is 6.15. The number of amides is 1. The summed E-state index contributed by atoms with van der Waals surface area (Å²) in [5.74, 6) is -0.271. The second kappa shape index (κ2) is 11.6. The molecule has 1 saturated heterocycles. The average molecular weight is 351 g/mol. The van der Waals surface area contributed by atoms with E-state index in [9.17, 15) is 9.59 Å². The Balaban J connectivity index is 0.000000324. The van der Waals surface area contributed by atoms with Gasteiger partial charge in [-0.15, -0.1) is 0 Å². The number of carbonyl (C=O) groups excluding carboxylic acids is 1. The van der Waals surface area contributed by atoms with E-state index in [1.54, 1.807) is 13.8 Å². The van der Waals surface area contributed by atoms with Crippen molar-refractivity contribution < 1.29 is 24.2 Å². The van der Waals surface area contributed by atoms with Crippen LogP contribution in [-0.2, 0) is 20.7 Å². The maximum atomic E-state index is 11.9. The van der Waals surface area contributed by atoms with Crippen molar-refractivity contribution in [1.29, 1.82) is 0 Å². The minimum atomic E-state index is -1.17. The van der Waals surface area contributed by atoms with Crippen molar-refractivity contribution in [2.45, 2.75) is 52.4 Å². The summed E-state index contributed by atoms with van der Waals surface area (Å²) in [7, 11) is 0. The van der Waals surface area contributed by atoms with Crippen LogP contribution in [0.5, 0.6) is 0 Å². The Morgan fingerprint density at radius 3 is 2.48 bits per heavy atom. The largest absolute Gasteiger partial charge is 0.465 e. The molecule has 0 unspecified atom stereocenters. The van der Waals surface area contributed by atoms with Gasteiger partial charge in [-0.3, -0.25) is 4.79 Å². The number of hydrogen-bond acceptors (Lipinski definition) is 4. The molecule has 140 valence electrons. The molecule has 25 heavy (non-hydrogen) atoms. The molecule has 1 heterocycles. The molecule has 0 aliphatic carbocycles. The smallest absolute Gasteiger partial charge is 0.405 e. The predicted octanol–water partition coefficient (Wildman–Crippen LogP) is 3.25. The lowest BCUT2D eigenvalue weighted by Crippen LogP contribution is -2.43. The molecule has 6 heteroatoms. The Labute approximate surface area is 149 Å². The molecule has 2 atom stereocenters. The monoisotopic (exact) mass is 351 g/mol. The van der Waals surface area contributed by atoms with Crippen molar-refractivity contribution in [3.63, 3.8) is 0 Å². The van der Waals surface area contributed by atoms with E-state index < -0.39 is 12.1 Å². The fourth-order valence-electron chi connectivity index (χ4n) is 2.49. The molecule has 1 fully saturated rings. The van der Waals surface area contributed by atoms with E-state index in [1.807, 2.05) is 37.3 Å². The maximum absolute atomic E-state index is 11.9. The van der Waals surface area contributed by atoms with Crippen LogP contribution in [0.15, 0.2) is 30.3 Å². The Bertz CT molecular complexity index is 512. The van der Waals surface area contributed by atoms with E-state index in [2.05, 4.69) is 5.32 Å². The molecule has 0 aromatic heterocycles. The number of carbonyl (C=O) groups is 2. The third-order valence-corrected chi connectivity index (χ3v) is 3.73. The zero-order valence-electron chi connectivity index (χ0n) is 15.2. The summed E-state index contributed by atoms with van der Waals surface area (Å²) in [5, 5.41) is 11.0. The van der Waals surface area contributed by atoms with Crippen LogP contribution in [0, 0.1) is 5.92 Å². The van der Waals surface area contributed by atoms with Gasteiger partial charge in [-0.25, -0.2) is 4.79 Å². The van der Waals surface area contributed by atoms with Crippen molar-refractivity contribution in [2.75, 3.05) is 13.2 Å². The molecule has 0 radical (unpaired) electrons. The first-order valence-corrected chi connectivity index (χ1v) is 8.74. The van der Waals surface area contributed by atoms with Crippen LogP contribution in [0.2, 0.25) is 0 Å². The molecule has 0 bridgehead atoms. The lowest BCUT2D eigenvalue weighted by atomic mass is 9.96. The number of nitrogens with one attached hydrogen (secondary N) is 1. The SMILES string of the molecule is CC(C)C(=O)[C@H](Cc1ccccc1)NC(=O)O.CCO[C@H]1CCCO1. The average Bonchev–Trinajstić information content (AvgIpc) is 3.08. The highest BCUT2D eigenvalue weighted by molar-refractivity contribution is 5.88. The number of ketones is 1. The van der Waals surface area contributed by atoms with Gasteiger partial charge in [0.1, 0.15) is 0 Å². The molecular weight excluding hydrogens is 322 g/mol. The molecule has 2 rings (SSSR count). The van der Waals surface area contributed by atoms with E-state index >= 15 is 0 Å². The summed E-state index contributed by atoms with van der Waals surface area (Å²) in [4.78, 5) is 22.5. The van der Waals surface area contributed by atoms with Crippen LogP contribution in [0.1, 0.15) is 39.2 Å². The zero-order chi connectivity index (χ0) is 18.7. The fraction of sp³-hybridized carbons (Fsp3) is 0.579. The Morgan fingerprint density at radius 2 is 2.00 bits per heavy atom. The lowest BCUT2D eigenvalue weighted by molar-refractivity contribution is -0.123. The molecular formula is C19H29NO5. The number of ether oxygens (including phenoxy) is 2. The summed E-state index contributed by atoms with van der Waals surface area (Å²) in [6.45, 7) is 7.17. The second-order valence-corrected chi connectivity index (χ2v) is 6.15. The van der Waals surface area contributed by atoms with E-state index in [1.165, 1.54) is 0 Å². The Hall–Kier alpha value is -1.92. The van der Waals surface area contributed by atoms with E-state index in [-0.39, 0.29) is 18.0 Å². The standard InChI is InChI=1S/C13H17NO3.C6H12O2/c1-9(2)12(15)11(14-13(16)17)8-10-6-4-3-5-7-10;1-2-7-6-4-3-5-8-6/h3-7,9,11,14H,8H2,1-2H3,(H,16,17);6H,2-5H2,1H3/t11-;6-/m01/s1. The van der Waals surface area contributed by atoms with E-state index in [0.29, 0.717) is 6.42 Å². The number of Topliss-reactive ketones (excluding diaryl/α,β-unsaturated/α-hetero) is 1. The van der Waals surface area contributed by atoms with E-state index in [0.717, 1.165) is 31.6 Å². The fourth-order valence-corrected chi connectivity index (χ4v) is 2.49. The third kappa shape index (κ3) is 8.65. The van der Waals surface area contributed by atoms with Gasteiger partial charge in [0.15, 0.2) is 12.1 Å². The minimum absolute atomic E-state index is 0.0868. The summed E-state index contributed by atoms with van der Waals surface area (Å²) in [5.41, 5.74) is 0.945. The van der Waals surface area contributed by atoms with Gasteiger partial charge < -0.3 is 19.9 Å². The van der Waals surface area contributed by atoms with Gasteiger partial charge in [0, 0.05) is 25.6 Å². The van der Waals surface area contributed by atoms with Crippen molar-refractivity contribution in [1.82, 2.24) is 5.32 Å². The van der Waals surface area contributed by atoms with Gasteiger partial charge in [-0.2, -0.15) is 0 Å². The van der Waals surface area contributed by atoms with Crippen LogP contribution in [0.4, 0.5) is 4.79 Å². The number of benzene rings is 1. The molecule has 6 nitrogen and oxygen atoms in total. The first-order chi connectivity index (χ1) is 11.9. The van der Waals surface area contributed by atoms with Crippen LogP contribution in [0.3, 0.4) is 0 Å². The predicted molar refractivity (Wildman–Crippen MR) is 95.5 cm³/mol. The summed E-state index contributed by atoms with van der Waals surface area (Å²) in [6, 6.07) is 8.71. The molecule has 2 N–H and O–H groups in total. The summed E-state index contributed by atoms with van der Waals surface area (Å²) in [6.07, 6.45) is 1.57. The van der Waals surface area contributed by atoms with E-state index in [4.69, 9.17) is 14.6 Å². The van der Waals surface area contributed by atoms with Crippen LogP contribution < -0.4 is 5.32 Å². The topological polar surface area (TPSA) is 84.9 Å². The third-order valence-electron chi connectivity index (χ3n) is 3.73. The maximum Gasteiger partial charge on any atom is 0.405 e. The Morgan fingerprint density at radius 1 is 1.32 bits per heavy atom. The van der Waals surface area contributed by atoms with Crippen molar-refractivity contribution >= 4 is 11.9 Å². The molecule has 1 aromatic rings. The van der Waals surface area contributed by atoms with Crippen molar-refractivity contribution in [2.24, 2.45) is 5.92 Å². The Kier molecular flexibility index (Phi) is 9.80. The van der Waals surface area contributed by atoms with Gasteiger partial charge in [0.05, 0.1) is 6.04 Å². The zero-order valence-corrected chi connectivity index (χ0v) is 15.2. The molecule has 1 aliphatic rings. The van der Waals surface area contributed by atoms with Gasteiger partial charge in [0.2, 0.25) is 0 Å². The van der Waals surface area contributed by atoms with Gasteiger partial charge in [-0.1, -0.05) is 44.2 Å². The van der Waals surface area contributed by atoms with Crippen LogP contribution in [-0.4, -0.2) is 42.5 Å². The van der Waals surface area contributed by atoms with Gasteiger partial charge >= 0.3 is 6.09 Å². The highest BCUT2D eigenvalue weighted by Crippen LogP contribution is 2.12. The molecule has 0 saturated carbocycles. The first-order valence-electron chi connectivity index (χ1n) is 8.74. The summed E-state index contributed by atoms with van der Waals surface area (Å²) >= 11 is 0. The van der Waals surface area contributed by atoms with Crippen LogP contribution in [0.25, 0.3) is 0 Å². The number of hydrogen-bond donors (Lipinski definition) is 2. The van der Waals surface area contributed by atoms with Gasteiger partial charge in [-0.05, 0) is 25.3 Å². The van der Waals surface area contributed by atoms with Gasteiger partial charge in [0.25, 0.3) is 0 Å². The normalized spacial score (nSPS) is 17.5.